The summed E-state index contributed by atoms with van der Waals surface area (Å²) in [7, 11) is 0. The lowest BCUT2D eigenvalue weighted by Gasteiger charge is -2.04. The Morgan fingerprint density at radius 1 is 1.47 bits per heavy atom. The minimum Gasteiger partial charge on any atom is -0.369 e. The first-order valence-electron chi connectivity index (χ1n) is 5.64. The average Bonchev–Trinajstić information content (AvgIpc) is 2.77. The Morgan fingerprint density at radius 2 is 2.35 bits per heavy atom. The van der Waals surface area contributed by atoms with Crippen LogP contribution >= 0.6 is 0 Å². The Balaban J connectivity index is 2.32. The molecule has 0 saturated heterocycles. The molecule has 0 saturated carbocycles. The highest BCUT2D eigenvalue weighted by Crippen LogP contribution is 2.18. The molecular formula is C11H14N6. The maximum absolute atomic E-state index is 8.57. The van der Waals surface area contributed by atoms with Gasteiger partial charge in [0.25, 0.3) is 0 Å². The van der Waals surface area contributed by atoms with Gasteiger partial charge >= 0.3 is 0 Å². The third-order valence-corrected chi connectivity index (χ3v) is 2.41. The Labute approximate surface area is 99.3 Å². The molecule has 0 aliphatic heterocycles. The lowest BCUT2D eigenvalue weighted by Crippen LogP contribution is -2.04. The summed E-state index contributed by atoms with van der Waals surface area (Å²) in [6.07, 6.45) is 4.72. The third kappa shape index (κ3) is 2.33. The van der Waals surface area contributed by atoms with E-state index in [0.29, 0.717) is 13.0 Å². The first kappa shape index (κ1) is 11.3. The largest absolute Gasteiger partial charge is 0.369 e. The molecule has 0 aliphatic carbocycles. The molecule has 88 valence electrons. The Kier molecular flexibility index (Phi) is 3.50. The number of nitrogens with one attached hydrogen (secondary N) is 1. The van der Waals surface area contributed by atoms with Crippen LogP contribution in [0.1, 0.15) is 19.8 Å². The van der Waals surface area contributed by atoms with Gasteiger partial charge in [0, 0.05) is 6.54 Å². The summed E-state index contributed by atoms with van der Waals surface area (Å²) < 4.78 is 1.73. The molecule has 0 aliphatic rings. The van der Waals surface area contributed by atoms with Crippen LogP contribution in [0.2, 0.25) is 0 Å². The van der Waals surface area contributed by atoms with Crippen LogP contribution in [0.15, 0.2) is 12.5 Å². The van der Waals surface area contributed by atoms with Crippen molar-refractivity contribution in [2.45, 2.75) is 26.3 Å². The van der Waals surface area contributed by atoms with Crippen LogP contribution in [0, 0.1) is 11.3 Å². The van der Waals surface area contributed by atoms with E-state index in [4.69, 9.17) is 5.26 Å². The van der Waals surface area contributed by atoms with Crippen LogP contribution < -0.4 is 5.32 Å². The molecule has 0 bridgehead atoms. The molecule has 0 aromatic carbocycles. The van der Waals surface area contributed by atoms with Crippen LogP contribution in [0.25, 0.3) is 11.0 Å². The van der Waals surface area contributed by atoms with Crippen molar-refractivity contribution in [1.82, 2.24) is 19.7 Å². The first-order valence-corrected chi connectivity index (χ1v) is 5.64. The minimum atomic E-state index is 0.429. The van der Waals surface area contributed by atoms with Gasteiger partial charge in [-0.15, -0.1) is 0 Å². The van der Waals surface area contributed by atoms with Gasteiger partial charge in [0.15, 0.2) is 5.65 Å². The summed E-state index contributed by atoms with van der Waals surface area (Å²) >= 11 is 0. The number of aryl methyl sites for hydroxylation is 1. The molecule has 1 N–H and O–H groups in total. The Hall–Kier alpha value is -2.16. The normalized spacial score (nSPS) is 10.4. The minimum absolute atomic E-state index is 0.429. The zero-order valence-electron chi connectivity index (χ0n) is 9.72. The van der Waals surface area contributed by atoms with Crippen LogP contribution in [0.5, 0.6) is 0 Å². The van der Waals surface area contributed by atoms with E-state index in [0.717, 1.165) is 29.8 Å². The number of hydrogen-bond acceptors (Lipinski definition) is 5. The zero-order valence-corrected chi connectivity index (χ0v) is 9.72. The topological polar surface area (TPSA) is 79.4 Å². The van der Waals surface area contributed by atoms with Gasteiger partial charge in [-0.2, -0.15) is 10.4 Å². The highest BCUT2D eigenvalue weighted by atomic mass is 15.3. The van der Waals surface area contributed by atoms with Gasteiger partial charge in [-0.1, -0.05) is 6.92 Å². The third-order valence-electron chi connectivity index (χ3n) is 2.41. The second kappa shape index (κ2) is 5.25. The van der Waals surface area contributed by atoms with E-state index < -0.39 is 0 Å². The summed E-state index contributed by atoms with van der Waals surface area (Å²) in [6, 6.07) is 2.10. The van der Waals surface area contributed by atoms with Gasteiger partial charge in [-0.25, -0.2) is 14.6 Å². The fourth-order valence-corrected chi connectivity index (χ4v) is 1.60. The molecule has 6 nitrogen and oxygen atoms in total. The molecular weight excluding hydrogens is 216 g/mol. The standard InChI is InChI=1S/C11H14N6/c1-2-5-13-10-9-7-16-17(6-3-4-12)11(9)15-8-14-10/h7-8H,2-3,5-6H2,1H3,(H,13,14,15). The fourth-order valence-electron chi connectivity index (χ4n) is 1.60. The van der Waals surface area contributed by atoms with Crippen molar-refractivity contribution in [2.75, 3.05) is 11.9 Å². The van der Waals surface area contributed by atoms with Crippen LogP contribution in [-0.2, 0) is 6.54 Å². The van der Waals surface area contributed by atoms with Gasteiger partial charge in [-0.3, -0.25) is 0 Å². The van der Waals surface area contributed by atoms with Crippen molar-refractivity contribution in [3.8, 4) is 6.07 Å². The van der Waals surface area contributed by atoms with E-state index in [-0.39, 0.29) is 0 Å². The van der Waals surface area contributed by atoms with Crippen molar-refractivity contribution in [3.05, 3.63) is 12.5 Å². The van der Waals surface area contributed by atoms with Crippen molar-refractivity contribution < 1.29 is 0 Å². The Morgan fingerprint density at radius 3 is 3.12 bits per heavy atom. The molecule has 2 aromatic rings. The number of hydrogen-bond donors (Lipinski definition) is 1. The van der Waals surface area contributed by atoms with Gasteiger partial charge in [0.1, 0.15) is 12.1 Å². The van der Waals surface area contributed by atoms with E-state index in [1.54, 1.807) is 10.9 Å². The summed E-state index contributed by atoms with van der Waals surface area (Å²) in [5.74, 6) is 0.806. The number of anilines is 1. The summed E-state index contributed by atoms with van der Waals surface area (Å²) in [4.78, 5) is 8.40. The Bertz CT molecular complexity index is 538. The fraction of sp³-hybridized carbons (Fsp3) is 0.455. The van der Waals surface area contributed by atoms with E-state index in [2.05, 4.69) is 33.4 Å². The van der Waals surface area contributed by atoms with E-state index in [9.17, 15) is 0 Å². The molecule has 0 fully saturated rings. The summed E-state index contributed by atoms with van der Waals surface area (Å²) in [6.45, 7) is 3.53. The van der Waals surface area contributed by atoms with Crippen LogP contribution in [0.3, 0.4) is 0 Å². The average molecular weight is 230 g/mol. The molecule has 2 rings (SSSR count). The molecule has 0 spiro atoms. The highest BCUT2D eigenvalue weighted by molar-refractivity contribution is 5.85. The zero-order chi connectivity index (χ0) is 12.1. The number of aromatic nitrogens is 4. The molecule has 0 atom stereocenters. The van der Waals surface area contributed by atoms with Gasteiger partial charge < -0.3 is 5.32 Å². The van der Waals surface area contributed by atoms with Crippen molar-refractivity contribution in [2.24, 2.45) is 0 Å². The SMILES string of the molecule is CCCNc1ncnc2c1cnn2CCC#N. The van der Waals surface area contributed by atoms with Crippen LogP contribution in [-0.4, -0.2) is 26.3 Å². The second-order valence-electron chi connectivity index (χ2n) is 3.66. The maximum atomic E-state index is 8.57. The van der Waals surface area contributed by atoms with Crippen molar-refractivity contribution in [1.29, 1.82) is 5.26 Å². The maximum Gasteiger partial charge on any atom is 0.163 e. The molecule has 0 radical (unpaired) electrons. The predicted molar refractivity (Wildman–Crippen MR) is 64.3 cm³/mol. The smallest absolute Gasteiger partial charge is 0.163 e. The quantitative estimate of drug-likeness (QED) is 0.843. The molecule has 2 heterocycles. The number of rotatable bonds is 5. The summed E-state index contributed by atoms with van der Waals surface area (Å²) in [5, 5.41) is 16.9. The van der Waals surface area contributed by atoms with Crippen LogP contribution in [0.4, 0.5) is 5.82 Å². The predicted octanol–water partition coefficient (Wildman–Crippen LogP) is 1.56. The van der Waals surface area contributed by atoms with E-state index >= 15 is 0 Å². The van der Waals surface area contributed by atoms with Gasteiger partial charge in [0.05, 0.1) is 30.6 Å². The molecule has 2 aromatic heterocycles. The second-order valence-corrected chi connectivity index (χ2v) is 3.66. The summed E-state index contributed by atoms with van der Waals surface area (Å²) in [5.41, 5.74) is 0.772. The van der Waals surface area contributed by atoms with Gasteiger partial charge in [0.2, 0.25) is 0 Å². The monoisotopic (exact) mass is 230 g/mol. The molecule has 17 heavy (non-hydrogen) atoms. The van der Waals surface area contributed by atoms with Gasteiger partial charge in [-0.05, 0) is 6.42 Å². The molecule has 0 amide bonds. The number of nitrogens with zero attached hydrogens (tertiary/aromatic N) is 5. The lowest BCUT2D eigenvalue weighted by molar-refractivity contribution is 0.643. The highest BCUT2D eigenvalue weighted by Gasteiger charge is 2.08. The lowest BCUT2D eigenvalue weighted by atomic mass is 10.3. The van der Waals surface area contributed by atoms with E-state index in [1.165, 1.54) is 6.33 Å². The molecule has 6 heteroatoms. The van der Waals surface area contributed by atoms with Crippen molar-refractivity contribution in [3.63, 3.8) is 0 Å². The van der Waals surface area contributed by atoms with E-state index in [1.807, 2.05) is 0 Å². The first-order chi connectivity index (χ1) is 8.36. The molecule has 0 unspecified atom stereocenters. The number of fused-ring (bicyclic) bond motifs is 1. The number of nitriles is 1. The van der Waals surface area contributed by atoms with Crippen molar-refractivity contribution >= 4 is 16.9 Å².